The molecule has 1 aromatic rings. The molecule has 2 unspecified atom stereocenters. The first-order chi connectivity index (χ1) is 9.99. The van der Waals surface area contributed by atoms with Crippen molar-refractivity contribution in [3.63, 3.8) is 0 Å². The number of rotatable bonds is 2. The molecule has 1 saturated heterocycles. The zero-order chi connectivity index (χ0) is 15.0. The average molecular weight is 353 g/mol. The molecule has 3 N–H and O–H groups in total. The number of piperidine rings is 1. The predicted molar refractivity (Wildman–Crippen MR) is 90.5 cm³/mol. The Morgan fingerprint density at radius 3 is 2.90 bits per heavy atom. The molecule has 1 aromatic carbocycles. The highest BCUT2D eigenvalue weighted by atomic mass is 79.9. The molecule has 0 bridgehead atoms. The Morgan fingerprint density at radius 1 is 1.38 bits per heavy atom. The van der Waals surface area contributed by atoms with Crippen LogP contribution in [0.15, 0.2) is 22.7 Å². The van der Waals surface area contributed by atoms with Gasteiger partial charge >= 0.3 is 0 Å². The largest absolute Gasteiger partial charge is 0.389 e. The Balaban J connectivity index is 1.79. The van der Waals surface area contributed by atoms with Crippen LogP contribution in [0.2, 0.25) is 0 Å². The van der Waals surface area contributed by atoms with Gasteiger partial charge in [0.25, 0.3) is 0 Å². The molecule has 1 aliphatic carbocycles. The van der Waals surface area contributed by atoms with Crippen LogP contribution in [-0.4, -0.2) is 23.8 Å². The number of nitrogens with zero attached hydrogens (tertiary/aromatic N) is 1. The summed E-state index contributed by atoms with van der Waals surface area (Å²) >= 11 is 3.69. The lowest BCUT2D eigenvalue weighted by Crippen LogP contribution is -2.53. The number of aliphatic hydroxyl groups is 1. The van der Waals surface area contributed by atoms with Crippen molar-refractivity contribution in [3.8, 4) is 0 Å². The van der Waals surface area contributed by atoms with Gasteiger partial charge in [-0.25, -0.2) is 0 Å². The van der Waals surface area contributed by atoms with Gasteiger partial charge in [-0.3, -0.25) is 0 Å². The summed E-state index contributed by atoms with van der Waals surface area (Å²) in [5, 5.41) is 10.8. The highest BCUT2D eigenvalue weighted by Gasteiger charge is 2.42. The maximum atomic E-state index is 10.8. The van der Waals surface area contributed by atoms with E-state index in [0.29, 0.717) is 5.92 Å². The second-order valence-electron chi connectivity index (χ2n) is 6.74. The number of anilines is 1. The SMILES string of the molecule is C[C@H](N)c1ccc(N2CCC3(O)CCCCC3C2)c(Br)c1. The van der Waals surface area contributed by atoms with Crippen molar-refractivity contribution < 1.29 is 5.11 Å². The number of halogens is 1. The first kappa shape index (κ1) is 15.3. The second kappa shape index (κ2) is 5.90. The van der Waals surface area contributed by atoms with E-state index in [1.165, 1.54) is 18.5 Å². The van der Waals surface area contributed by atoms with Crippen molar-refractivity contribution in [1.82, 2.24) is 0 Å². The molecule has 21 heavy (non-hydrogen) atoms. The molecule has 2 aliphatic rings. The van der Waals surface area contributed by atoms with Gasteiger partial charge in [-0.15, -0.1) is 0 Å². The molecule has 2 fully saturated rings. The third kappa shape index (κ3) is 2.99. The quantitative estimate of drug-likeness (QED) is 0.854. The maximum absolute atomic E-state index is 10.8. The Morgan fingerprint density at radius 2 is 2.19 bits per heavy atom. The van der Waals surface area contributed by atoms with Crippen LogP contribution in [0.1, 0.15) is 50.6 Å². The number of benzene rings is 1. The Hall–Kier alpha value is -0.580. The van der Waals surface area contributed by atoms with Crippen molar-refractivity contribution in [2.45, 2.75) is 50.7 Å². The van der Waals surface area contributed by atoms with Crippen molar-refractivity contribution in [2.75, 3.05) is 18.0 Å². The van der Waals surface area contributed by atoms with Crippen LogP contribution in [-0.2, 0) is 0 Å². The lowest BCUT2D eigenvalue weighted by Gasteiger charge is -2.48. The average Bonchev–Trinajstić information content (AvgIpc) is 2.46. The molecule has 1 saturated carbocycles. The number of hydrogen-bond acceptors (Lipinski definition) is 3. The predicted octanol–water partition coefficient (Wildman–Crippen LogP) is 3.60. The Labute approximate surface area is 135 Å². The van der Waals surface area contributed by atoms with Crippen molar-refractivity contribution >= 4 is 21.6 Å². The Kier molecular flexibility index (Phi) is 4.30. The van der Waals surface area contributed by atoms with Crippen LogP contribution < -0.4 is 10.6 Å². The second-order valence-corrected chi connectivity index (χ2v) is 7.60. The minimum absolute atomic E-state index is 0.0557. The van der Waals surface area contributed by atoms with Crippen LogP contribution >= 0.6 is 15.9 Å². The molecular weight excluding hydrogens is 328 g/mol. The molecule has 3 rings (SSSR count). The summed E-state index contributed by atoms with van der Waals surface area (Å²) in [6, 6.07) is 6.46. The van der Waals surface area contributed by atoms with E-state index in [-0.39, 0.29) is 6.04 Å². The van der Waals surface area contributed by atoms with Crippen LogP contribution in [0.4, 0.5) is 5.69 Å². The summed E-state index contributed by atoms with van der Waals surface area (Å²) in [5.41, 5.74) is 7.92. The van der Waals surface area contributed by atoms with Crippen molar-refractivity contribution in [2.24, 2.45) is 11.7 Å². The van der Waals surface area contributed by atoms with E-state index >= 15 is 0 Å². The van der Waals surface area contributed by atoms with Gasteiger partial charge in [-0.2, -0.15) is 0 Å². The molecular formula is C17H25BrN2O. The lowest BCUT2D eigenvalue weighted by molar-refractivity contribution is -0.0612. The molecule has 1 heterocycles. The summed E-state index contributed by atoms with van der Waals surface area (Å²) in [7, 11) is 0. The number of fused-ring (bicyclic) bond motifs is 1. The van der Waals surface area contributed by atoms with E-state index in [9.17, 15) is 5.11 Å². The number of hydrogen-bond donors (Lipinski definition) is 2. The van der Waals surface area contributed by atoms with Gasteiger partial charge in [0.1, 0.15) is 0 Å². The minimum Gasteiger partial charge on any atom is -0.389 e. The maximum Gasteiger partial charge on any atom is 0.0709 e. The van der Waals surface area contributed by atoms with E-state index in [2.05, 4.69) is 39.0 Å². The zero-order valence-corrected chi connectivity index (χ0v) is 14.3. The van der Waals surface area contributed by atoms with Gasteiger partial charge in [0.15, 0.2) is 0 Å². The van der Waals surface area contributed by atoms with Crippen LogP contribution in [0.5, 0.6) is 0 Å². The van der Waals surface area contributed by atoms with Crippen LogP contribution in [0.3, 0.4) is 0 Å². The first-order valence-electron chi connectivity index (χ1n) is 8.02. The molecule has 3 nitrogen and oxygen atoms in total. The van der Waals surface area contributed by atoms with Gasteiger partial charge in [-0.05, 0) is 59.8 Å². The van der Waals surface area contributed by atoms with E-state index in [4.69, 9.17) is 5.73 Å². The molecule has 1 aliphatic heterocycles. The van der Waals surface area contributed by atoms with E-state index in [1.54, 1.807) is 0 Å². The monoisotopic (exact) mass is 352 g/mol. The number of nitrogens with two attached hydrogens (primary N) is 1. The van der Waals surface area contributed by atoms with Crippen LogP contribution in [0, 0.1) is 5.92 Å². The first-order valence-corrected chi connectivity index (χ1v) is 8.81. The molecule has 0 aromatic heterocycles. The molecule has 116 valence electrons. The van der Waals surface area contributed by atoms with Gasteiger partial charge in [0.2, 0.25) is 0 Å². The smallest absolute Gasteiger partial charge is 0.0709 e. The summed E-state index contributed by atoms with van der Waals surface area (Å²) in [5.74, 6) is 0.417. The van der Waals surface area contributed by atoms with Gasteiger partial charge in [0, 0.05) is 29.5 Å². The van der Waals surface area contributed by atoms with Gasteiger partial charge < -0.3 is 15.7 Å². The van der Waals surface area contributed by atoms with E-state index in [0.717, 1.165) is 42.4 Å². The Bertz CT molecular complexity index is 520. The molecule has 0 radical (unpaired) electrons. The fraction of sp³-hybridized carbons (Fsp3) is 0.647. The molecule has 3 atom stereocenters. The van der Waals surface area contributed by atoms with Crippen molar-refractivity contribution in [1.29, 1.82) is 0 Å². The van der Waals surface area contributed by atoms with Gasteiger partial charge in [0.05, 0.1) is 11.3 Å². The molecule has 4 heteroatoms. The topological polar surface area (TPSA) is 49.5 Å². The highest BCUT2D eigenvalue weighted by Crippen LogP contribution is 2.42. The fourth-order valence-electron chi connectivity index (χ4n) is 3.85. The minimum atomic E-state index is -0.410. The summed E-state index contributed by atoms with van der Waals surface area (Å²) < 4.78 is 1.11. The zero-order valence-electron chi connectivity index (χ0n) is 12.7. The summed E-state index contributed by atoms with van der Waals surface area (Å²) in [6.45, 7) is 3.90. The van der Waals surface area contributed by atoms with E-state index in [1.807, 2.05) is 6.92 Å². The molecule has 0 spiro atoms. The lowest BCUT2D eigenvalue weighted by atomic mass is 9.71. The normalized spacial score (nSPS) is 30.9. The van der Waals surface area contributed by atoms with Crippen molar-refractivity contribution in [3.05, 3.63) is 28.2 Å². The third-order valence-electron chi connectivity index (χ3n) is 5.27. The van der Waals surface area contributed by atoms with Crippen LogP contribution in [0.25, 0.3) is 0 Å². The third-order valence-corrected chi connectivity index (χ3v) is 5.90. The van der Waals surface area contributed by atoms with Gasteiger partial charge in [-0.1, -0.05) is 18.9 Å². The molecule has 0 amide bonds. The fourth-order valence-corrected chi connectivity index (χ4v) is 4.50. The standard InChI is InChI=1S/C17H25BrN2O/c1-12(19)13-5-6-16(15(18)10-13)20-9-8-17(21)7-3-2-4-14(17)11-20/h5-6,10,12,14,21H,2-4,7-9,11,19H2,1H3/t12-,14?,17?/m0/s1. The summed E-state index contributed by atoms with van der Waals surface area (Å²) in [4.78, 5) is 2.42. The summed E-state index contributed by atoms with van der Waals surface area (Å²) in [6.07, 6.45) is 5.46. The van der Waals surface area contributed by atoms with E-state index < -0.39 is 5.60 Å². The highest BCUT2D eigenvalue weighted by molar-refractivity contribution is 9.10.